The van der Waals surface area contributed by atoms with Crippen molar-refractivity contribution < 1.29 is 19.1 Å². The van der Waals surface area contributed by atoms with E-state index in [2.05, 4.69) is 0 Å². The zero-order valence-electron chi connectivity index (χ0n) is 10.1. The van der Waals surface area contributed by atoms with Crippen LogP contribution >= 0.6 is 11.8 Å². The van der Waals surface area contributed by atoms with E-state index in [1.807, 2.05) is 0 Å². The standard InChI is InChI=1S/C14H9NO4S/c16-10-4-1-3-9(7-10)15-13(17)12(20-14(15)18)8-11-5-2-6-19-11/h1-8,16H/b12-8+. The van der Waals surface area contributed by atoms with Gasteiger partial charge in [0.25, 0.3) is 11.1 Å². The van der Waals surface area contributed by atoms with Crippen LogP contribution in [-0.2, 0) is 4.79 Å². The highest BCUT2D eigenvalue weighted by Gasteiger charge is 2.36. The molecular weight excluding hydrogens is 278 g/mol. The van der Waals surface area contributed by atoms with E-state index in [-0.39, 0.29) is 10.7 Å². The van der Waals surface area contributed by atoms with Crippen LogP contribution in [0.2, 0.25) is 0 Å². The monoisotopic (exact) mass is 287 g/mol. The number of anilines is 1. The van der Waals surface area contributed by atoms with E-state index >= 15 is 0 Å². The van der Waals surface area contributed by atoms with Crippen LogP contribution in [-0.4, -0.2) is 16.3 Å². The fourth-order valence-corrected chi connectivity index (χ4v) is 2.65. The SMILES string of the molecule is O=C1S/C(=C/c2ccco2)C(=O)N1c1cccc(O)c1. The predicted molar refractivity (Wildman–Crippen MR) is 75.3 cm³/mol. The van der Waals surface area contributed by atoms with Gasteiger partial charge in [-0.05, 0) is 36.0 Å². The van der Waals surface area contributed by atoms with Gasteiger partial charge >= 0.3 is 0 Å². The van der Waals surface area contributed by atoms with Crippen molar-refractivity contribution in [3.8, 4) is 5.75 Å². The Kier molecular flexibility index (Phi) is 3.08. The average Bonchev–Trinajstić information content (AvgIpc) is 2.99. The summed E-state index contributed by atoms with van der Waals surface area (Å²) in [5.74, 6) is 0.0740. The Bertz CT molecular complexity index is 706. The molecule has 0 saturated carbocycles. The lowest BCUT2D eigenvalue weighted by atomic mass is 10.2. The molecule has 2 heterocycles. The molecule has 6 heteroatoms. The summed E-state index contributed by atoms with van der Waals surface area (Å²) in [5, 5.41) is 9.03. The Morgan fingerprint density at radius 2 is 2.05 bits per heavy atom. The summed E-state index contributed by atoms with van der Waals surface area (Å²) in [7, 11) is 0. The molecule has 1 aromatic heterocycles. The van der Waals surface area contributed by atoms with E-state index in [0.29, 0.717) is 11.4 Å². The smallest absolute Gasteiger partial charge is 0.298 e. The Hall–Kier alpha value is -2.47. The summed E-state index contributed by atoms with van der Waals surface area (Å²) in [6, 6.07) is 9.40. The van der Waals surface area contributed by atoms with Gasteiger partial charge in [0.15, 0.2) is 0 Å². The molecule has 1 aliphatic heterocycles. The van der Waals surface area contributed by atoms with Crippen LogP contribution in [0, 0.1) is 0 Å². The summed E-state index contributed by atoms with van der Waals surface area (Å²) in [6.45, 7) is 0. The summed E-state index contributed by atoms with van der Waals surface area (Å²) in [4.78, 5) is 25.5. The first-order valence-electron chi connectivity index (χ1n) is 5.75. The van der Waals surface area contributed by atoms with Crippen molar-refractivity contribution in [3.63, 3.8) is 0 Å². The van der Waals surface area contributed by atoms with Crippen LogP contribution < -0.4 is 4.90 Å². The average molecular weight is 287 g/mol. The van der Waals surface area contributed by atoms with E-state index in [1.54, 1.807) is 24.3 Å². The molecule has 1 aliphatic rings. The fourth-order valence-electron chi connectivity index (χ4n) is 1.83. The van der Waals surface area contributed by atoms with Gasteiger partial charge in [0.2, 0.25) is 0 Å². The molecule has 0 atom stereocenters. The normalized spacial score (nSPS) is 17.2. The first kappa shape index (κ1) is 12.6. The summed E-state index contributed by atoms with van der Waals surface area (Å²) in [6.07, 6.45) is 3.01. The first-order valence-corrected chi connectivity index (χ1v) is 6.57. The number of furan rings is 1. The molecule has 5 nitrogen and oxygen atoms in total. The third-order valence-electron chi connectivity index (χ3n) is 2.70. The van der Waals surface area contributed by atoms with Gasteiger partial charge in [0.1, 0.15) is 11.5 Å². The van der Waals surface area contributed by atoms with Gasteiger partial charge in [-0.15, -0.1) is 0 Å². The minimum absolute atomic E-state index is 0.00318. The highest BCUT2D eigenvalue weighted by Crippen LogP contribution is 2.36. The third kappa shape index (κ3) is 2.21. The maximum absolute atomic E-state index is 12.2. The number of imide groups is 1. The number of carbonyl (C=O) groups is 2. The number of amides is 2. The Balaban J connectivity index is 1.95. The van der Waals surface area contributed by atoms with Crippen molar-refractivity contribution in [3.05, 3.63) is 53.3 Å². The van der Waals surface area contributed by atoms with Gasteiger partial charge in [0, 0.05) is 12.1 Å². The van der Waals surface area contributed by atoms with Gasteiger partial charge in [-0.3, -0.25) is 9.59 Å². The summed E-state index contributed by atoms with van der Waals surface area (Å²) < 4.78 is 5.13. The van der Waals surface area contributed by atoms with Crippen molar-refractivity contribution >= 4 is 34.7 Å². The minimum atomic E-state index is -0.429. The number of thioether (sulfide) groups is 1. The van der Waals surface area contributed by atoms with Gasteiger partial charge in [-0.1, -0.05) is 6.07 Å². The van der Waals surface area contributed by atoms with E-state index < -0.39 is 11.1 Å². The van der Waals surface area contributed by atoms with Gasteiger partial charge in [-0.2, -0.15) is 0 Å². The molecule has 1 N–H and O–H groups in total. The maximum atomic E-state index is 12.2. The second-order valence-electron chi connectivity index (χ2n) is 4.05. The van der Waals surface area contributed by atoms with E-state index in [4.69, 9.17) is 4.42 Å². The number of hydrogen-bond donors (Lipinski definition) is 1. The first-order chi connectivity index (χ1) is 9.65. The predicted octanol–water partition coefficient (Wildman–Crippen LogP) is 3.23. The number of benzene rings is 1. The van der Waals surface area contributed by atoms with E-state index in [9.17, 15) is 14.7 Å². The summed E-state index contributed by atoms with van der Waals surface area (Å²) in [5.41, 5.74) is 0.343. The molecule has 0 spiro atoms. The highest BCUT2D eigenvalue weighted by atomic mass is 32.2. The zero-order chi connectivity index (χ0) is 14.1. The summed E-state index contributed by atoms with van der Waals surface area (Å²) >= 11 is 0.838. The van der Waals surface area contributed by atoms with Crippen molar-refractivity contribution in [1.82, 2.24) is 0 Å². The topological polar surface area (TPSA) is 70.8 Å². The van der Waals surface area contributed by atoms with Gasteiger partial charge < -0.3 is 9.52 Å². The number of phenols is 1. The van der Waals surface area contributed by atoms with Gasteiger partial charge in [-0.25, -0.2) is 4.90 Å². The number of aromatic hydroxyl groups is 1. The molecule has 0 bridgehead atoms. The molecule has 0 radical (unpaired) electrons. The number of phenolic OH excluding ortho intramolecular Hbond substituents is 1. The van der Waals surface area contributed by atoms with E-state index in [1.165, 1.54) is 24.5 Å². The van der Waals surface area contributed by atoms with Crippen LogP contribution in [0.3, 0.4) is 0 Å². The zero-order valence-corrected chi connectivity index (χ0v) is 11.0. The van der Waals surface area contributed by atoms with Crippen molar-refractivity contribution in [2.75, 3.05) is 4.90 Å². The number of nitrogens with zero attached hydrogens (tertiary/aromatic N) is 1. The van der Waals surface area contributed by atoms with Crippen LogP contribution in [0.1, 0.15) is 5.76 Å². The maximum Gasteiger partial charge on any atom is 0.298 e. The quantitative estimate of drug-likeness (QED) is 0.859. The number of carbonyl (C=O) groups excluding carboxylic acids is 2. The lowest BCUT2D eigenvalue weighted by Gasteiger charge is -2.12. The lowest BCUT2D eigenvalue weighted by molar-refractivity contribution is -0.113. The molecule has 1 saturated heterocycles. The molecular formula is C14H9NO4S. The van der Waals surface area contributed by atoms with Crippen molar-refractivity contribution in [2.45, 2.75) is 0 Å². The molecule has 2 aromatic rings. The molecule has 3 rings (SSSR count). The largest absolute Gasteiger partial charge is 0.508 e. The number of rotatable bonds is 2. The van der Waals surface area contributed by atoms with Crippen LogP contribution in [0.25, 0.3) is 6.08 Å². The lowest BCUT2D eigenvalue weighted by Crippen LogP contribution is -2.27. The highest BCUT2D eigenvalue weighted by molar-refractivity contribution is 8.19. The van der Waals surface area contributed by atoms with E-state index in [0.717, 1.165) is 16.7 Å². The number of hydrogen-bond acceptors (Lipinski definition) is 5. The van der Waals surface area contributed by atoms with Crippen LogP contribution in [0.4, 0.5) is 10.5 Å². The Morgan fingerprint density at radius 3 is 2.75 bits per heavy atom. The van der Waals surface area contributed by atoms with Crippen LogP contribution in [0.15, 0.2) is 52.0 Å². The Morgan fingerprint density at radius 1 is 1.20 bits per heavy atom. The fraction of sp³-hybridized carbons (Fsp3) is 0. The molecule has 1 aromatic carbocycles. The minimum Gasteiger partial charge on any atom is -0.508 e. The second kappa shape index (κ2) is 4.90. The molecule has 0 unspecified atom stereocenters. The third-order valence-corrected chi connectivity index (χ3v) is 3.57. The van der Waals surface area contributed by atoms with Crippen molar-refractivity contribution in [1.29, 1.82) is 0 Å². The molecule has 2 amide bonds. The second-order valence-corrected chi connectivity index (χ2v) is 5.05. The Labute approximate surface area is 118 Å². The van der Waals surface area contributed by atoms with Crippen LogP contribution in [0.5, 0.6) is 5.75 Å². The molecule has 100 valence electrons. The molecule has 20 heavy (non-hydrogen) atoms. The van der Waals surface area contributed by atoms with Crippen molar-refractivity contribution in [2.24, 2.45) is 0 Å². The molecule has 1 fully saturated rings. The van der Waals surface area contributed by atoms with Gasteiger partial charge in [0.05, 0.1) is 16.9 Å². The molecule has 0 aliphatic carbocycles.